The molecular formula is C23H42N2O7Si2. The van der Waals surface area contributed by atoms with E-state index >= 15 is 0 Å². The summed E-state index contributed by atoms with van der Waals surface area (Å²) in [7, 11) is -4.61. The maximum atomic E-state index is 12.8. The summed E-state index contributed by atoms with van der Waals surface area (Å²) in [6.07, 6.45) is -1.67. The number of aromatic amines is 1. The van der Waals surface area contributed by atoms with E-state index in [1.54, 1.807) is 0 Å². The van der Waals surface area contributed by atoms with Crippen LogP contribution in [0.15, 0.2) is 21.9 Å². The van der Waals surface area contributed by atoms with Gasteiger partial charge in [-0.05, 0) is 36.3 Å². The first-order chi connectivity index (χ1) is 15.4. The number of aliphatic hydroxyl groups is 1. The average molecular weight is 515 g/mol. The minimum absolute atomic E-state index is 0.0627. The van der Waals surface area contributed by atoms with Crippen molar-refractivity contribution < 1.29 is 23.4 Å². The van der Waals surface area contributed by atoms with Crippen molar-refractivity contribution in [3.8, 4) is 0 Å². The number of rotatable bonds is 7. The van der Waals surface area contributed by atoms with Gasteiger partial charge in [-0.3, -0.25) is 14.3 Å². The van der Waals surface area contributed by atoms with E-state index in [0.717, 1.165) is 0 Å². The number of H-pyrrole nitrogens is 1. The van der Waals surface area contributed by atoms with Gasteiger partial charge in [-0.1, -0.05) is 41.5 Å². The van der Waals surface area contributed by atoms with Gasteiger partial charge in [0.15, 0.2) is 22.9 Å². The molecule has 2 aliphatic rings. The Morgan fingerprint density at radius 3 is 1.91 bits per heavy atom. The molecule has 3 heterocycles. The van der Waals surface area contributed by atoms with Gasteiger partial charge in [-0.15, -0.1) is 0 Å². The topological polar surface area (TPSA) is 115 Å². The van der Waals surface area contributed by atoms with E-state index in [0.29, 0.717) is 0 Å². The van der Waals surface area contributed by atoms with Crippen molar-refractivity contribution in [2.45, 2.75) is 115 Å². The Hall–Kier alpha value is -1.09. The second-order valence-corrected chi connectivity index (χ2v) is 22.0. The highest BCUT2D eigenvalue weighted by atomic mass is 28.4. The predicted molar refractivity (Wildman–Crippen MR) is 135 cm³/mol. The molecule has 0 aromatic carbocycles. The monoisotopic (exact) mass is 514 g/mol. The van der Waals surface area contributed by atoms with Crippen LogP contribution in [0.4, 0.5) is 0 Å². The third-order valence-corrected chi connectivity index (χ3v) is 16.9. The van der Waals surface area contributed by atoms with Gasteiger partial charge in [0.1, 0.15) is 30.5 Å². The third kappa shape index (κ3) is 5.35. The molecule has 0 spiro atoms. The number of hydrogen-bond acceptors (Lipinski definition) is 7. The van der Waals surface area contributed by atoms with Crippen molar-refractivity contribution in [1.82, 2.24) is 9.55 Å². The number of nitrogens with one attached hydrogen (secondary N) is 1. The Morgan fingerprint density at radius 2 is 1.47 bits per heavy atom. The highest BCUT2D eigenvalue weighted by molar-refractivity contribution is 6.74. The zero-order valence-corrected chi connectivity index (χ0v) is 24.2. The van der Waals surface area contributed by atoms with Crippen LogP contribution in [-0.4, -0.2) is 68.4 Å². The van der Waals surface area contributed by atoms with Gasteiger partial charge in [0.05, 0.1) is 6.61 Å². The molecule has 11 heteroatoms. The van der Waals surface area contributed by atoms with E-state index in [-0.39, 0.29) is 28.9 Å². The second-order valence-electron chi connectivity index (χ2n) is 12.5. The minimum atomic E-state index is -2.33. The Kier molecular flexibility index (Phi) is 7.35. The first-order valence-corrected chi connectivity index (χ1v) is 17.8. The number of hydrogen-bond donors (Lipinski definition) is 2. The van der Waals surface area contributed by atoms with Gasteiger partial charge in [-0.2, -0.15) is 0 Å². The fourth-order valence-electron chi connectivity index (χ4n) is 3.67. The third-order valence-electron chi connectivity index (χ3n) is 7.95. The van der Waals surface area contributed by atoms with E-state index in [4.69, 9.17) is 18.3 Å². The average Bonchev–Trinajstić information content (AvgIpc) is 3.38. The summed E-state index contributed by atoms with van der Waals surface area (Å²) >= 11 is 0. The van der Waals surface area contributed by atoms with Gasteiger partial charge in [0.25, 0.3) is 5.56 Å². The molecule has 6 atom stereocenters. The van der Waals surface area contributed by atoms with Crippen LogP contribution in [0.25, 0.3) is 0 Å². The number of ether oxygens (including phenoxy) is 2. The molecular weight excluding hydrogens is 472 g/mol. The Balaban J connectivity index is 2.11. The van der Waals surface area contributed by atoms with Crippen molar-refractivity contribution in [3.63, 3.8) is 0 Å². The SMILES string of the molecule is CC(C)(C)[Si](C)(C)O[C@@H]1[C@@H]([C@H]2O[C@@H]2CO)O[C@@H](n2ccc(=O)[nH]c2=O)[C@@H]1O[Si](C)(C)C(C)(C)C. The van der Waals surface area contributed by atoms with Crippen molar-refractivity contribution in [1.29, 1.82) is 0 Å². The maximum absolute atomic E-state index is 12.8. The molecule has 0 amide bonds. The molecule has 1 aromatic rings. The molecule has 2 N–H and O–H groups in total. The lowest BCUT2D eigenvalue weighted by molar-refractivity contribution is -0.0443. The van der Waals surface area contributed by atoms with Crippen LogP contribution in [0.1, 0.15) is 47.8 Å². The van der Waals surface area contributed by atoms with Crippen LogP contribution in [0.2, 0.25) is 36.3 Å². The molecule has 2 fully saturated rings. The van der Waals surface area contributed by atoms with E-state index in [1.807, 2.05) is 0 Å². The van der Waals surface area contributed by atoms with Gasteiger partial charge < -0.3 is 23.4 Å². The molecule has 2 saturated heterocycles. The Morgan fingerprint density at radius 1 is 0.941 bits per heavy atom. The standard InChI is InChI=1S/C23H42N2O7Si2/c1-22(2,3)33(7,8)31-18-17(16-14(13-26)29-16)30-20(25-12-11-15(27)24-21(25)28)19(18)32-34(9,10)23(4,5)6/h11-12,14,16-20,26H,13H2,1-10H3,(H,24,27,28)/t14-,16+,17-,18-,19-,20-/m1/s1. The fraction of sp³-hybridized carbons (Fsp3) is 0.826. The lowest BCUT2D eigenvalue weighted by Crippen LogP contribution is -2.54. The van der Waals surface area contributed by atoms with Crippen LogP contribution < -0.4 is 11.2 Å². The van der Waals surface area contributed by atoms with Gasteiger partial charge in [-0.25, -0.2) is 4.79 Å². The smallest absolute Gasteiger partial charge is 0.330 e. The summed E-state index contributed by atoms with van der Waals surface area (Å²) < 4.78 is 27.4. The van der Waals surface area contributed by atoms with E-state index in [9.17, 15) is 14.7 Å². The van der Waals surface area contributed by atoms with Crippen molar-refractivity contribution in [2.75, 3.05) is 6.61 Å². The lowest BCUT2D eigenvalue weighted by atomic mass is 10.1. The summed E-state index contributed by atoms with van der Waals surface area (Å²) in [5.74, 6) is 0. The zero-order valence-electron chi connectivity index (χ0n) is 22.2. The molecule has 34 heavy (non-hydrogen) atoms. The van der Waals surface area contributed by atoms with Gasteiger partial charge in [0.2, 0.25) is 0 Å². The van der Waals surface area contributed by atoms with Crippen molar-refractivity contribution >= 4 is 16.6 Å². The molecule has 0 bridgehead atoms. The summed E-state index contributed by atoms with van der Waals surface area (Å²) in [6, 6.07) is 1.30. The summed E-state index contributed by atoms with van der Waals surface area (Å²) in [4.78, 5) is 26.8. The van der Waals surface area contributed by atoms with E-state index in [1.165, 1.54) is 16.8 Å². The number of epoxide rings is 1. The largest absolute Gasteiger partial charge is 0.408 e. The van der Waals surface area contributed by atoms with E-state index in [2.05, 4.69) is 72.7 Å². The molecule has 1 aromatic heterocycles. The van der Waals surface area contributed by atoms with Crippen LogP contribution >= 0.6 is 0 Å². The first-order valence-electron chi connectivity index (χ1n) is 12.0. The normalized spacial score (nSPS) is 30.6. The molecule has 2 aliphatic heterocycles. The highest BCUT2D eigenvalue weighted by Crippen LogP contribution is 2.48. The molecule has 9 nitrogen and oxygen atoms in total. The maximum Gasteiger partial charge on any atom is 0.330 e. The minimum Gasteiger partial charge on any atom is -0.408 e. The Bertz CT molecular complexity index is 993. The van der Waals surface area contributed by atoms with Crippen molar-refractivity contribution in [2.24, 2.45) is 0 Å². The Labute approximate surface area is 204 Å². The first kappa shape index (κ1) is 27.5. The lowest BCUT2D eigenvalue weighted by Gasteiger charge is -2.44. The van der Waals surface area contributed by atoms with Gasteiger partial charge in [0, 0.05) is 12.3 Å². The molecule has 194 valence electrons. The second kappa shape index (κ2) is 9.09. The van der Waals surface area contributed by atoms with E-state index < -0.39 is 52.4 Å². The molecule has 0 radical (unpaired) electrons. The van der Waals surface area contributed by atoms with Crippen molar-refractivity contribution in [3.05, 3.63) is 33.1 Å². The van der Waals surface area contributed by atoms with Crippen LogP contribution in [0, 0.1) is 0 Å². The highest BCUT2D eigenvalue weighted by Gasteiger charge is 2.60. The molecule has 0 saturated carbocycles. The number of nitrogens with zero attached hydrogens (tertiary/aromatic N) is 1. The summed E-state index contributed by atoms with van der Waals surface area (Å²) in [5.41, 5.74) is -1.04. The molecule has 0 aliphatic carbocycles. The van der Waals surface area contributed by atoms with Gasteiger partial charge >= 0.3 is 5.69 Å². The summed E-state index contributed by atoms with van der Waals surface area (Å²) in [5, 5.41) is 9.52. The van der Waals surface area contributed by atoms with Crippen LogP contribution in [-0.2, 0) is 18.3 Å². The number of aromatic nitrogens is 2. The molecule has 0 unspecified atom stereocenters. The number of aliphatic hydroxyl groups excluding tert-OH is 1. The molecule has 3 rings (SSSR count). The van der Waals surface area contributed by atoms with Crippen LogP contribution in [0.5, 0.6) is 0 Å². The quantitative estimate of drug-likeness (QED) is 0.424. The van der Waals surface area contributed by atoms with Crippen LogP contribution in [0.3, 0.4) is 0 Å². The predicted octanol–water partition coefficient (Wildman–Crippen LogP) is 2.97. The summed E-state index contributed by atoms with van der Waals surface area (Å²) in [6.45, 7) is 21.5. The zero-order chi connectivity index (χ0) is 25.9. The fourth-order valence-corrected chi connectivity index (χ4v) is 6.25.